The first kappa shape index (κ1) is 20.0. The van der Waals surface area contributed by atoms with Crippen LogP contribution in [0.25, 0.3) is 10.9 Å². The number of hydrogen-bond donors (Lipinski definition) is 0. The van der Waals surface area contributed by atoms with E-state index in [0.717, 1.165) is 0 Å². The van der Waals surface area contributed by atoms with Crippen molar-refractivity contribution in [2.75, 3.05) is 0 Å². The molecule has 146 valence electrons. The largest absolute Gasteiger partial charge is 0.390 e. The molecule has 28 heavy (non-hydrogen) atoms. The number of aromatic nitrogens is 1. The lowest BCUT2D eigenvalue weighted by atomic mass is 9.75. The van der Waals surface area contributed by atoms with Crippen LogP contribution in [0.4, 0.5) is 17.6 Å². The lowest BCUT2D eigenvalue weighted by molar-refractivity contribution is -0.165. The van der Waals surface area contributed by atoms with E-state index in [9.17, 15) is 22.4 Å². The Hall–Kier alpha value is -2.76. The van der Waals surface area contributed by atoms with Crippen LogP contribution >= 0.6 is 0 Å². The number of halogens is 4. The third-order valence-corrected chi connectivity index (χ3v) is 4.77. The van der Waals surface area contributed by atoms with E-state index in [-0.39, 0.29) is 12.8 Å². The van der Waals surface area contributed by atoms with Gasteiger partial charge in [-0.3, -0.25) is 9.78 Å². The molecule has 0 saturated carbocycles. The first-order valence-electron chi connectivity index (χ1n) is 8.83. The number of ketones is 1. The minimum Gasteiger partial charge on any atom is -0.299 e. The van der Waals surface area contributed by atoms with Gasteiger partial charge in [-0.25, -0.2) is 4.39 Å². The average Bonchev–Trinajstić information content (AvgIpc) is 2.61. The fourth-order valence-electron chi connectivity index (χ4n) is 3.38. The van der Waals surface area contributed by atoms with Gasteiger partial charge < -0.3 is 0 Å². The number of hydrogen-bond acceptors (Lipinski definition) is 2. The second-order valence-electron chi connectivity index (χ2n) is 7.30. The molecule has 1 aromatic heterocycles. The monoisotopic (exact) mass is 389 g/mol. The fourth-order valence-corrected chi connectivity index (χ4v) is 3.38. The van der Waals surface area contributed by atoms with Gasteiger partial charge in [0.15, 0.2) is 0 Å². The zero-order valence-electron chi connectivity index (χ0n) is 15.3. The number of carbonyl (C=O) groups excluding carboxylic acids is 1. The maximum Gasteiger partial charge on any atom is 0.390 e. The van der Waals surface area contributed by atoms with Crippen LogP contribution in [0.2, 0.25) is 0 Å². The van der Waals surface area contributed by atoms with E-state index in [4.69, 9.17) is 0 Å². The van der Waals surface area contributed by atoms with E-state index in [1.807, 2.05) is 0 Å². The highest BCUT2D eigenvalue weighted by Crippen LogP contribution is 2.38. The Morgan fingerprint density at radius 3 is 2.39 bits per heavy atom. The molecule has 0 amide bonds. The quantitative estimate of drug-likeness (QED) is 0.507. The highest BCUT2D eigenvalue weighted by molar-refractivity contribution is 5.88. The van der Waals surface area contributed by atoms with Gasteiger partial charge in [-0.15, -0.1) is 0 Å². The molecule has 0 fully saturated rings. The standard InChI is InChI=1S/C22H19F4NO/c1-21(14-22(24,25)26,12-15-5-3-2-4-6-15)20(28)10-16-9-17-7-8-18(23)11-19(17)27-13-16/h2-9,11,13H,10,12,14H2,1H3. The van der Waals surface area contributed by atoms with Gasteiger partial charge in [0, 0.05) is 29.5 Å². The summed E-state index contributed by atoms with van der Waals surface area (Å²) in [7, 11) is 0. The van der Waals surface area contributed by atoms with Crippen molar-refractivity contribution in [1.29, 1.82) is 0 Å². The highest BCUT2D eigenvalue weighted by Gasteiger charge is 2.43. The van der Waals surface area contributed by atoms with E-state index in [1.54, 1.807) is 36.4 Å². The molecule has 0 N–H and O–H groups in total. The van der Waals surface area contributed by atoms with Crippen molar-refractivity contribution in [3.05, 3.63) is 77.7 Å². The van der Waals surface area contributed by atoms with Crippen LogP contribution in [0.3, 0.4) is 0 Å². The van der Waals surface area contributed by atoms with Gasteiger partial charge in [0.1, 0.15) is 11.6 Å². The van der Waals surface area contributed by atoms with E-state index >= 15 is 0 Å². The van der Waals surface area contributed by atoms with Crippen molar-refractivity contribution >= 4 is 16.7 Å². The predicted molar refractivity (Wildman–Crippen MR) is 99.3 cm³/mol. The van der Waals surface area contributed by atoms with E-state index in [0.29, 0.717) is 22.0 Å². The molecule has 3 rings (SSSR count). The van der Waals surface area contributed by atoms with Crippen molar-refractivity contribution in [1.82, 2.24) is 4.98 Å². The molecule has 1 heterocycles. The predicted octanol–water partition coefficient (Wildman–Crippen LogP) is 5.69. The Kier molecular flexibility index (Phi) is 5.49. The highest BCUT2D eigenvalue weighted by atomic mass is 19.4. The molecular formula is C22H19F4NO. The van der Waals surface area contributed by atoms with Gasteiger partial charge >= 0.3 is 6.18 Å². The lowest BCUT2D eigenvalue weighted by Crippen LogP contribution is -2.36. The minimum atomic E-state index is -4.46. The lowest BCUT2D eigenvalue weighted by Gasteiger charge is -2.29. The topological polar surface area (TPSA) is 30.0 Å². The molecule has 0 aliphatic heterocycles. The number of fused-ring (bicyclic) bond motifs is 1. The van der Waals surface area contributed by atoms with E-state index < -0.39 is 29.6 Å². The molecule has 0 radical (unpaired) electrons. The summed E-state index contributed by atoms with van der Waals surface area (Å²) in [4.78, 5) is 17.0. The van der Waals surface area contributed by atoms with Gasteiger partial charge in [0.2, 0.25) is 0 Å². The number of benzene rings is 2. The molecule has 0 saturated heterocycles. The first-order valence-corrected chi connectivity index (χ1v) is 8.83. The SMILES string of the molecule is CC(Cc1ccccc1)(CC(F)(F)F)C(=O)Cc1cnc2cc(F)ccc2c1. The molecule has 6 heteroatoms. The summed E-state index contributed by atoms with van der Waals surface area (Å²) in [5.74, 6) is -0.929. The third-order valence-electron chi connectivity index (χ3n) is 4.77. The maximum atomic E-state index is 13.3. The second-order valence-corrected chi connectivity index (χ2v) is 7.30. The number of pyridine rings is 1. The summed E-state index contributed by atoms with van der Waals surface area (Å²) >= 11 is 0. The fraction of sp³-hybridized carbons (Fsp3) is 0.273. The Morgan fingerprint density at radius 2 is 1.71 bits per heavy atom. The zero-order chi connectivity index (χ0) is 20.4. The van der Waals surface area contributed by atoms with Gasteiger partial charge in [-0.05, 0) is 35.7 Å². The number of Topliss-reactive ketones (excluding diaryl/α,β-unsaturated/α-hetero) is 1. The summed E-state index contributed by atoms with van der Waals surface area (Å²) in [5, 5.41) is 0.632. The average molecular weight is 389 g/mol. The number of alkyl halides is 3. The van der Waals surface area contributed by atoms with E-state index in [1.165, 1.54) is 31.3 Å². The zero-order valence-corrected chi connectivity index (χ0v) is 15.3. The number of carbonyl (C=O) groups is 1. The van der Waals surface area contributed by atoms with Crippen molar-refractivity contribution < 1.29 is 22.4 Å². The van der Waals surface area contributed by atoms with Gasteiger partial charge in [0.05, 0.1) is 11.9 Å². The van der Waals surface area contributed by atoms with Crippen LogP contribution in [-0.4, -0.2) is 16.9 Å². The molecule has 0 bridgehead atoms. The molecular weight excluding hydrogens is 370 g/mol. The van der Waals surface area contributed by atoms with Crippen molar-refractivity contribution in [2.45, 2.75) is 32.4 Å². The third kappa shape index (κ3) is 4.94. The van der Waals surface area contributed by atoms with E-state index in [2.05, 4.69) is 4.98 Å². The van der Waals surface area contributed by atoms with Crippen LogP contribution in [0.1, 0.15) is 24.5 Å². The summed E-state index contributed by atoms with van der Waals surface area (Å²) in [6.07, 6.45) is -4.41. The summed E-state index contributed by atoms with van der Waals surface area (Å²) in [6, 6.07) is 14.4. The second kappa shape index (κ2) is 7.70. The number of rotatable bonds is 6. The van der Waals surface area contributed by atoms with Gasteiger partial charge in [-0.1, -0.05) is 37.3 Å². The molecule has 2 aromatic carbocycles. The molecule has 2 nitrogen and oxygen atoms in total. The van der Waals surface area contributed by atoms with Crippen LogP contribution in [0.15, 0.2) is 60.8 Å². The normalized spacial score (nSPS) is 14.0. The molecule has 0 aliphatic carbocycles. The Balaban J connectivity index is 1.87. The summed E-state index contributed by atoms with van der Waals surface area (Å²) in [6.45, 7) is 1.36. The first-order chi connectivity index (χ1) is 13.1. The van der Waals surface area contributed by atoms with Crippen LogP contribution in [-0.2, 0) is 17.6 Å². The Morgan fingerprint density at radius 1 is 1.00 bits per heavy atom. The maximum absolute atomic E-state index is 13.3. The van der Waals surface area contributed by atoms with Crippen LogP contribution in [0, 0.1) is 11.2 Å². The molecule has 1 unspecified atom stereocenters. The Bertz CT molecular complexity index is 985. The van der Waals surface area contributed by atoms with Crippen LogP contribution < -0.4 is 0 Å². The van der Waals surface area contributed by atoms with Crippen molar-refractivity contribution in [2.24, 2.45) is 5.41 Å². The number of nitrogens with zero attached hydrogens (tertiary/aromatic N) is 1. The molecule has 3 aromatic rings. The molecule has 0 spiro atoms. The Labute approximate surface area is 160 Å². The summed E-state index contributed by atoms with van der Waals surface area (Å²) < 4.78 is 52.9. The van der Waals surface area contributed by atoms with Crippen LogP contribution in [0.5, 0.6) is 0 Å². The van der Waals surface area contributed by atoms with Crippen molar-refractivity contribution in [3.63, 3.8) is 0 Å². The molecule has 1 atom stereocenters. The smallest absolute Gasteiger partial charge is 0.299 e. The van der Waals surface area contributed by atoms with Gasteiger partial charge in [-0.2, -0.15) is 13.2 Å². The molecule has 0 aliphatic rings. The van der Waals surface area contributed by atoms with Crippen molar-refractivity contribution in [3.8, 4) is 0 Å². The van der Waals surface area contributed by atoms with Gasteiger partial charge in [0.25, 0.3) is 0 Å². The minimum absolute atomic E-state index is 0.00158. The summed E-state index contributed by atoms with van der Waals surface area (Å²) in [5.41, 5.74) is 0.0241.